The summed E-state index contributed by atoms with van der Waals surface area (Å²) in [6.07, 6.45) is 1.88. The van der Waals surface area contributed by atoms with Crippen molar-refractivity contribution in [1.82, 2.24) is 14.5 Å². The van der Waals surface area contributed by atoms with Crippen LogP contribution in [-0.4, -0.2) is 19.6 Å². The van der Waals surface area contributed by atoms with E-state index in [1.54, 1.807) is 6.07 Å². The molecule has 0 amide bonds. The maximum Gasteiger partial charge on any atom is 0.219 e. The van der Waals surface area contributed by atoms with Crippen molar-refractivity contribution in [2.24, 2.45) is 0 Å². The lowest BCUT2D eigenvalue weighted by molar-refractivity contribution is 0.460. The fourth-order valence-corrected chi connectivity index (χ4v) is 6.36. The van der Waals surface area contributed by atoms with E-state index in [1.165, 1.54) is 27.8 Å². The van der Waals surface area contributed by atoms with E-state index >= 15 is 0 Å². The predicted octanol–water partition coefficient (Wildman–Crippen LogP) is 9.94. The summed E-state index contributed by atoms with van der Waals surface area (Å²) in [5.74, 6) is 2.46. The molecule has 5 nitrogen and oxygen atoms in total. The van der Waals surface area contributed by atoms with E-state index in [9.17, 15) is 5.11 Å². The highest BCUT2D eigenvalue weighted by Crippen LogP contribution is 2.39. The first-order chi connectivity index (χ1) is 20.8. The van der Waals surface area contributed by atoms with Crippen LogP contribution in [0.3, 0.4) is 0 Å². The van der Waals surface area contributed by atoms with Crippen molar-refractivity contribution in [2.45, 2.75) is 40.5 Å². The largest absolute Gasteiger partial charge is 0.506 e. The van der Waals surface area contributed by atoms with Gasteiger partial charge in [-0.15, -0.1) is 0 Å². The first kappa shape index (κ1) is 26.7. The Kier molecular flexibility index (Phi) is 6.39. The van der Waals surface area contributed by atoms with Crippen LogP contribution < -0.4 is 4.74 Å². The summed E-state index contributed by atoms with van der Waals surface area (Å²) in [7, 11) is 0. The summed E-state index contributed by atoms with van der Waals surface area (Å²) >= 11 is 0. The van der Waals surface area contributed by atoms with Gasteiger partial charge in [-0.1, -0.05) is 49.7 Å². The number of phenols is 1. The normalized spacial score (nSPS) is 11.7. The van der Waals surface area contributed by atoms with Gasteiger partial charge in [0.1, 0.15) is 22.8 Å². The fraction of sp³-hybridized carbons (Fsp3) is 0.158. The molecular formula is C38H33N3O2. The van der Waals surface area contributed by atoms with Crippen LogP contribution in [0.2, 0.25) is 0 Å². The van der Waals surface area contributed by atoms with Crippen LogP contribution in [0, 0.1) is 20.8 Å². The molecule has 7 aromatic rings. The Labute approximate surface area is 251 Å². The second-order valence-corrected chi connectivity index (χ2v) is 11.7. The Morgan fingerprint density at radius 3 is 2.28 bits per heavy atom. The summed E-state index contributed by atoms with van der Waals surface area (Å²) in [5.41, 5.74) is 9.68. The Morgan fingerprint density at radius 1 is 0.744 bits per heavy atom. The number of rotatable bonds is 5. The Balaban J connectivity index is 1.34. The van der Waals surface area contributed by atoms with Crippen molar-refractivity contribution in [1.29, 1.82) is 0 Å². The molecule has 0 bridgehead atoms. The molecule has 4 aromatic carbocycles. The number of aromatic nitrogens is 3. The first-order valence-corrected chi connectivity index (χ1v) is 14.7. The van der Waals surface area contributed by atoms with Gasteiger partial charge in [0.2, 0.25) is 5.88 Å². The van der Waals surface area contributed by atoms with Crippen molar-refractivity contribution >= 4 is 32.7 Å². The van der Waals surface area contributed by atoms with E-state index in [4.69, 9.17) is 14.7 Å². The number of nitrogens with zero attached hydrogens (tertiary/aromatic N) is 3. The molecule has 0 saturated carbocycles. The van der Waals surface area contributed by atoms with Crippen LogP contribution >= 0.6 is 0 Å². The van der Waals surface area contributed by atoms with Crippen LogP contribution in [-0.2, 0) is 0 Å². The number of para-hydroxylation sites is 1. The molecule has 0 unspecified atom stereocenters. The molecule has 3 heterocycles. The monoisotopic (exact) mass is 563 g/mol. The zero-order valence-corrected chi connectivity index (χ0v) is 25.0. The lowest BCUT2D eigenvalue weighted by Gasteiger charge is -2.15. The van der Waals surface area contributed by atoms with Crippen LogP contribution in [0.25, 0.3) is 49.7 Å². The average molecular weight is 564 g/mol. The number of aryl methyl sites for hydroxylation is 3. The highest BCUT2D eigenvalue weighted by molar-refractivity contribution is 6.09. The lowest BCUT2D eigenvalue weighted by Crippen LogP contribution is -1.99. The summed E-state index contributed by atoms with van der Waals surface area (Å²) in [4.78, 5) is 9.53. The Hall–Kier alpha value is -5.16. The quantitative estimate of drug-likeness (QED) is 0.226. The topological polar surface area (TPSA) is 60.2 Å². The molecule has 0 radical (unpaired) electrons. The van der Waals surface area contributed by atoms with E-state index in [2.05, 4.69) is 93.8 Å². The Morgan fingerprint density at radius 2 is 1.49 bits per heavy atom. The molecule has 0 aliphatic carbocycles. The molecule has 1 N–H and O–H groups in total. The summed E-state index contributed by atoms with van der Waals surface area (Å²) in [5, 5.41) is 14.0. The number of hydrogen-bond donors (Lipinski definition) is 1. The summed E-state index contributed by atoms with van der Waals surface area (Å²) in [6, 6.07) is 30.7. The summed E-state index contributed by atoms with van der Waals surface area (Å²) < 4.78 is 8.55. The van der Waals surface area contributed by atoms with E-state index in [0.29, 0.717) is 23.1 Å². The van der Waals surface area contributed by atoms with Crippen molar-refractivity contribution in [2.75, 3.05) is 0 Å². The molecule has 0 spiro atoms. The van der Waals surface area contributed by atoms with Gasteiger partial charge in [0, 0.05) is 34.5 Å². The van der Waals surface area contributed by atoms with Gasteiger partial charge < -0.3 is 9.84 Å². The molecule has 0 atom stereocenters. The van der Waals surface area contributed by atoms with E-state index in [-0.39, 0.29) is 5.75 Å². The van der Waals surface area contributed by atoms with E-state index < -0.39 is 0 Å². The van der Waals surface area contributed by atoms with Gasteiger partial charge in [0.25, 0.3) is 0 Å². The molecule has 212 valence electrons. The zero-order chi connectivity index (χ0) is 29.8. The molecule has 0 aliphatic rings. The smallest absolute Gasteiger partial charge is 0.219 e. The van der Waals surface area contributed by atoms with Crippen molar-refractivity contribution in [3.05, 3.63) is 119 Å². The number of aromatic hydroxyl groups is 1. The van der Waals surface area contributed by atoms with E-state index in [0.717, 1.165) is 38.6 Å². The minimum atomic E-state index is 0.123. The third-order valence-corrected chi connectivity index (χ3v) is 8.29. The molecule has 43 heavy (non-hydrogen) atoms. The van der Waals surface area contributed by atoms with Gasteiger partial charge in [0.05, 0.1) is 11.0 Å². The molecule has 0 aliphatic heterocycles. The average Bonchev–Trinajstić information content (AvgIpc) is 3.31. The second kappa shape index (κ2) is 10.3. The van der Waals surface area contributed by atoms with Gasteiger partial charge >= 0.3 is 0 Å². The van der Waals surface area contributed by atoms with Gasteiger partial charge in [-0.2, -0.15) is 0 Å². The third-order valence-electron chi connectivity index (χ3n) is 8.29. The zero-order valence-electron chi connectivity index (χ0n) is 25.0. The maximum atomic E-state index is 10.8. The lowest BCUT2D eigenvalue weighted by atomic mass is 9.91. The standard InChI is InChI=1S/C38H33N3O2/c1-22(2)26-16-17-39-35(20-26)41-32-9-7-6-8-28(32)29-11-10-27(21-33(29)41)43-36-15-13-31-30(12-14-34(42)38(31)40-36)37-24(4)18-23(3)19-25(37)5/h6-22,42H,1-5H3. The van der Waals surface area contributed by atoms with Crippen molar-refractivity contribution in [3.8, 4) is 34.3 Å². The van der Waals surface area contributed by atoms with Gasteiger partial charge in [0.15, 0.2) is 0 Å². The highest BCUT2D eigenvalue weighted by Gasteiger charge is 2.17. The number of pyridine rings is 2. The van der Waals surface area contributed by atoms with Gasteiger partial charge in [-0.3, -0.25) is 4.57 Å². The summed E-state index contributed by atoms with van der Waals surface area (Å²) in [6.45, 7) is 10.8. The highest BCUT2D eigenvalue weighted by atomic mass is 16.5. The molecule has 7 rings (SSSR count). The van der Waals surface area contributed by atoms with Crippen LogP contribution in [0.15, 0.2) is 97.2 Å². The fourth-order valence-electron chi connectivity index (χ4n) is 6.36. The molecular weight excluding hydrogens is 530 g/mol. The number of hydrogen-bond acceptors (Lipinski definition) is 4. The maximum absolute atomic E-state index is 10.8. The van der Waals surface area contributed by atoms with E-state index in [1.807, 2.05) is 36.5 Å². The number of phenolic OH excluding ortho intramolecular Hbond substituents is 1. The number of ether oxygens (including phenoxy) is 1. The second-order valence-electron chi connectivity index (χ2n) is 11.7. The number of fused-ring (bicyclic) bond motifs is 4. The third kappa shape index (κ3) is 4.58. The number of benzene rings is 4. The SMILES string of the molecule is Cc1cc(C)c(-c2ccc(O)c3nc(Oc4ccc5c6ccccc6n(-c6cc(C(C)C)ccn6)c5c4)ccc23)c(C)c1. The molecule has 5 heteroatoms. The van der Waals surface area contributed by atoms with Crippen LogP contribution in [0.4, 0.5) is 0 Å². The van der Waals surface area contributed by atoms with Gasteiger partial charge in [-0.25, -0.2) is 9.97 Å². The first-order valence-electron chi connectivity index (χ1n) is 14.7. The van der Waals surface area contributed by atoms with Gasteiger partial charge in [-0.05, 0) is 103 Å². The van der Waals surface area contributed by atoms with Crippen LogP contribution in [0.5, 0.6) is 17.4 Å². The predicted molar refractivity (Wildman–Crippen MR) is 176 cm³/mol. The Bertz CT molecular complexity index is 2170. The minimum Gasteiger partial charge on any atom is -0.506 e. The molecule has 3 aromatic heterocycles. The van der Waals surface area contributed by atoms with Crippen LogP contribution in [0.1, 0.15) is 42.0 Å². The molecule has 0 fully saturated rings. The van der Waals surface area contributed by atoms with Crippen molar-refractivity contribution in [3.63, 3.8) is 0 Å². The van der Waals surface area contributed by atoms with Crippen molar-refractivity contribution < 1.29 is 9.84 Å². The molecule has 0 saturated heterocycles. The minimum absolute atomic E-state index is 0.123.